The Morgan fingerprint density at radius 1 is 1.07 bits per heavy atom. The number of hydrogen-bond donors (Lipinski definition) is 1. The van der Waals surface area contributed by atoms with Gasteiger partial charge in [0, 0.05) is 6.20 Å². The Morgan fingerprint density at radius 3 is 2.40 bits per heavy atom. The van der Waals surface area contributed by atoms with E-state index in [2.05, 4.69) is 11.6 Å². The van der Waals surface area contributed by atoms with Crippen molar-refractivity contribution in [3.05, 3.63) is 54.7 Å². The second kappa shape index (κ2) is 3.96. The molecule has 0 atom stereocenters. The predicted molar refractivity (Wildman–Crippen MR) is 64.2 cm³/mol. The molecule has 0 aliphatic carbocycles. The highest BCUT2D eigenvalue weighted by atomic mass is 14.8. The molecule has 2 aromatic rings. The largest absolute Gasteiger partial charge is 0.384 e. The van der Waals surface area contributed by atoms with Crippen LogP contribution in [0, 0.1) is 0 Å². The molecule has 0 unspecified atom stereocenters. The minimum atomic E-state index is 0.542. The molecule has 1 heterocycles. The van der Waals surface area contributed by atoms with Crippen molar-refractivity contribution in [3.63, 3.8) is 0 Å². The standard InChI is InChI=1S/C13H12N2/c1-2-10-3-5-11(6-4-10)12-7-8-15-13(14)9-12/h2-9H,1H2,(H2,14,15). The molecular weight excluding hydrogens is 184 g/mol. The van der Waals surface area contributed by atoms with Gasteiger partial charge < -0.3 is 5.73 Å². The molecule has 2 rings (SSSR count). The lowest BCUT2D eigenvalue weighted by Crippen LogP contribution is -1.89. The summed E-state index contributed by atoms with van der Waals surface area (Å²) < 4.78 is 0. The van der Waals surface area contributed by atoms with E-state index in [9.17, 15) is 0 Å². The number of rotatable bonds is 2. The fraction of sp³-hybridized carbons (Fsp3) is 0. The maximum Gasteiger partial charge on any atom is 0.123 e. The summed E-state index contributed by atoms with van der Waals surface area (Å²) in [5.74, 6) is 0.542. The van der Waals surface area contributed by atoms with Crippen LogP contribution in [-0.2, 0) is 0 Å². The van der Waals surface area contributed by atoms with Crippen LogP contribution in [0.25, 0.3) is 17.2 Å². The highest BCUT2D eigenvalue weighted by Crippen LogP contribution is 2.20. The molecule has 0 saturated carbocycles. The van der Waals surface area contributed by atoms with Gasteiger partial charge >= 0.3 is 0 Å². The topological polar surface area (TPSA) is 38.9 Å². The molecule has 0 spiro atoms. The summed E-state index contributed by atoms with van der Waals surface area (Å²) in [7, 11) is 0. The van der Waals surface area contributed by atoms with Crippen molar-refractivity contribution < 1.29 is 0 Å². The molecule has 2 N–H and O–H groups in total. The first-order valence-corrected chi connectivity index (χ1v) is 4.74. The first-order valence-electron chi connectivity index (χ1n) is 4.74. The molecule has 0 fully saturated rings. The summed E-state index contributed by atoms with van der Waals surface area (Å²) >= 11 is 0. The van der Waals surface area contributed by atoms with Crippen LogP contribution in [0.5, 0.6) is 0 Å². The summed E-state index contributed by atoms with van der Waals surface area (Å²) in [6.45, 7) is 3.72. The lowest BCUT2D eigenvalue weighted by atomic mass is 10.1. The Balaban J connectivity index is 2.41. The third-order valence-corrected chi connectivity index (χ3v) is 2.26. The third kappa shape index (κ3) is 2.05. The second-order valence-electron chi connectivity index (χ2n) is 3.30. The Hall–Kier alpha value is -2.09. The maximum atomic E-state index is 5.62. The third-order valence-electron chi connectivity index (χ3n) is 2.26. The number of nitrogen functional groups attached to an aromatic ring is 1. The zero-order valence-corrected chi connectivity index (χ0v) is 8.35. The van der Waals surface area contributed by atoms with Crippen LogP contribution in [-0.4, -0.2) is 4.98 Å². The van der Waals surface area contributed by atoms with Crippen LogP contribution < -0.4 is 5.73 Å². The zero-order valence-electron chi connectivity index (χ0n) is 8.35. The van der Waals surface area contributed by atoms with Gasteiger partial charge in [-0.15, -0.1) is 0 Å². The number of aromatic nitrogens is 1. The van der Waals surface area contributed by atoms with Crippen molar-refractivity contribution in [2.24, 2.45) is 0 Å². The van der Waals surface area contributed by atoms with Crippen LogP contribution in [0.4, 0.5) is 5.82 Å². The minimum absolute atomic E-state index is 0.542. The highest BCUT2D eigenvalue weighted by Gasteiger charge is 1.97. The van der Waals surface area contributed by atoms with Gasteiger partial charge in [-0.1, -0.05) is 36.9 Å². The van der Waals surface area contributed by atoms with Gasteiger partial charge in [0.15, 0.2) is 0 Å². The fourth-order valence-corrected chi connectivity index (χ4v) is 1.44. The maximum absolute atomic E-state index is 5.62. The van der Waals surface area contributed by atoms with Crippen LogP contribution in [0.15, 0.2) is 49.2 Å². The number of hydrogen-bond acceptors (Lipinski definition) is 2. The number of pyridine rings is 1. The normalized spacial score (nSPS) is 9.87. The van der Waals surface area contributed by atoms with Crippen molar-refractivity contribution in [2.75, 3.05) is 5.73 Å². The van der Waals surface area contributed by atoms with Crippen LogP contribution in [0.1, 0.15) is 5.56 Å². The van der Waals surface area contributed by atoms with E-state index < -0.39 is 0 Å². The summed E-state index contributed by atoms with van der Waals surface area (Å²) in [6.07, 6.45) is 3.54. The lowest BCUT2D eigenvalue weighted by molar-refractivity contribution is 1.34. The van der Waals surface area contributed by atoms with Crippen LogP contribution >= 0.6 is 0 Å². The number of anilines is 1. The van der Waals surface area contributed by atoms with Gasteiger partial charge in [0.1, 0.15) is 5.82 Å². The van der Waals surface area contributed by atoms with Gasteiger partial charge in [-0.25, -0.2) is 4.98 Å². The average Bonchev–Trinajstić information content (AvgIpc) is 2.29. The molecule has 0 aliphatic heterocycles. The zero-order chi connectivity index (χ0) is 10.7. The molecule has 0 radical (unpaired) electrons. The summed E-state index contributed by atoms with van der Waals surface area (Å²) in [5, 5.41) is 0. The Bertz CT molecular complexity index is 472. The Labute approximate surface area is 89.1 Å². The summed E-state index contributed by atoms with van der Waals surface area (Å²) in [6, 6.07) is 12.0. The SMILES string of the molecule is C=Cc1ccc(-c2ccnc(N)c2)cc1. The quantitative estimate of drug-likeness (QED) is 0.802. The number of nitrogens with zero attached hydrogens (tertiary/aromatic N) is 1. The Morgan fingerprint density at radius 2 is 1.80 bits per heavy atom. The van der Waals surface area contributed by atoms with E-state index in [1.54, 1.807) is 6.20 Å². The van der Waals surface area contributed by atoms with Gasteiger partial charge in [-0.2, -0.15) is 0 Å². The molecule has 0 saturated heterocycles. The van der Waals surface area contributed by atoms with Gasteiger partial charge in [0.05, 0.1) is 0 Å². The van der Waals surface area contributed by atoms with E-state index in [-0.39, 0.29) is 0 Å². The number of benzene rings is 1. The molecule has 1 aromatic heterocycles. The molecular formula is C13H12N2. The van der Waals surface area contributed by atoms with Gasteiger partial charge in [0.2, 0.25) is 0 Å². The van der Waals surface area contributed by atoms with E-state index in [1.165, 1.54) is 0 Å². The molecule has 0 bridgehead atoms. The molecule has 2 heteroatoms. The lowest BCUT2D eigenvalue weighted by Gasteiger charge is -2.02. The van der Waals surface area contributed by atoms with Crippen molar-refractivity contribution in [2.45, 2.75) is 0 Å². The molecule has 2 nitrogen and oxygen atoms in total. The fourth-order valence-electron chi connectivity index (χ4n) is 1.44. The van der Waals surface area contributed by atoms with Gasteiger partial charge in [0.25, 0.3) is 0 Å². The molecule has 1 aromatic carbocycles. The predicted octanol–water partition coefficient (Wildman–Crippen LogP) is 2.97. The Kier molecular flexibility index (Phi) is 2.50. The average molecular weight is 196 g/mol. The first kappa shape index (κ1) is 9.46. The molecule has 15 heavy (non-hydrogen) atoms. The smallest absolute Gasteiger partial charge is 0.123 e. The first-order chi connectivity index (χ1) is 7.29. The number of nitrogens with two attached hydrogens (primary N) is 1. The molecule has 0 amide bonds. The second-order valence-corrected chi connectivity index (χ2v) is 3.30. The van der Waals surface area contributed by atoms with Crippen LogP contribution in [0.2, 0.25) is 0 Å². The van der Waals surface area contributed by atoms with Crippen molar-refractivity contribution in [1.82, 2.24) is 4.98 Å². The highest BCUT2D eigenvalue weighted by molar-refractivity contribution is 5.67. The van der Waals surface area contributed by atoms with Crippen molar-refractivity contribution in [1.29, 1.82) is 0 Å². The van der Waals surface area contributed by atoms with E-state index in [1.807, 2.05) is 42.5 Å². The molecule has 0 aliphatic rings. The summed E-state index contributed by atoms with van der Waals surface area (Å²) in [4.78, 5) is 3.96. The minimum Gasteiger partial charge on any atom is -0.384 e. The van der Waals surface area contributed by atoms with E-state index >= 15 is 0 Å². The van der Waals surface area contributed by atoms with E-state index in [0.717, 1.165) is 16.7 Å². The van der Waals surface area contributed by atoms with Gasteiger partial charge in [-0.05, 0) is 28.8 Å². The van der Waals surface area contributed by atoms with Crippen molar-refractivity contribution in [3.8, 4) is 11.1 Å². The van der Waals surface area contributed by atoms with E-state index in [0.29, 0.717) is 5.82 Å². The summed E-state index contributed by atoms with van der Waals surface area (Å²) in [5.41, 5.74) is 8.95. The van der Waals surface area contributed by atoms with Gasteiger partial charge in [-0.3, -0.25) is 0 Å². The molecule has 74 valence electrons. The van der Waals surface area contributed by atoms with Crippen molar-refractivity contribution >= 4 is 11.9 Å². The van der Waals surface area contributed by atoms with Crippen LogP contribution in [0.3, 0.4) is 0 Å². The monoisotopic (exact) mass is 196 g/mol. The van der Waals surface area contributed by atoms with E-state index in [4.69, 9.17) is 5.73 Å².